The molecule has 5 N–H and O–H groups in total. The number of halogens is 2. The fraction of sp³-hybridized carbons (Fsp3) is 0.500. The summed E-state index contributed by atoms with van der Waals surface area (Å²) in [5, 5.41) is 23.2. The van der Waals surface area contributed by atoms with Crippen molar-refractivity contribution in [3.63, 3.8) is 0 Å². The lowest BCUT2D eigenvalue weighted by molar-refractivity contribution is 0.0272. The van der Waals surface area contributed by atoms with E-state index in [0.717, 1.165) is 11.3 Å². The van der Waals surface area contributed by atoms with E-state index in [2.05, 4.69) is 20.7 Å². The molecule has 3 rings (SSSR count). The van der Waals surface area contributed by atoms with E-state index in [0.29, 0.717) is 42.0 Å². The molecule has 34 heavy (non-hydrogen) atoms. The molecule has 0 aromatic carbocycles. The predicted molar refractivity (Wildman–Crippen MR) is 132 cm³/mol. The number of aromatic carboxylic acids is 1. The van der Waals surface area contributed by atoms with E-state index in [9.17, 15) is 14.7 Å². The number of hydrogen-bond acceptors (Lipinski definition) is 8. The molecule has 11 nitrogen and oxygen atoms in total. The topological polar surface area (TPSA) is 147 Å². The molecule has 186 valence electrons. The van der Waals surface area contributed by atoms with Crippen LogP contribution in [0.5, 0.6) is 0 Å². The molecule has 1 fully saturated rings. The van der Waals surface area contributed by atoms with Gasteiger partial charge in [-0.15, -0.1) is 0 Å². The smallest absolute Gasteiger partial charge is 0.348 e. The summed E-state index contributed by atoms with van der Waals surface area (Å²) in [6.45, 7) is 4.92. The number of hydrazine groups is 1. The first-order chi connectivity index (χ1) is 16.1. The van der Waals surface area contributed by atoms with Crippen molar-refractivity contribution in [3.8, 4) is 0 Å². The van der Waals surface area contributed by atoms with Crippen LogP contribution in [0.4, 0.5) is 5.13 Å². The van der Waals surface area contributed by atoms with Gasteiger partial charge in [-0.25, -0.2) is 15.2 Å². The number of carboxylic acid groups (broad SMARTS) is 1. The van der Waals surface area contributed by atoms with Gasteiger partial charge in [0.2, 0.25) is 0 Å². The van der Waals surface area contributed by atoms with Crippen molar-refractivity contribution in [2.24, 2.45) is 0 Å². The molecule has 2 aromatic rings. The highest BCUT2D eigenvalue weighted by Gasteiger charge is 2.34. The minimum absolute atomic E-state index is 0.0147. The van der Waals surface area contributed by atoms with Gasteiger partial charge >= 0.3 is 5.97 Å². The zero-order chi connectivity index (χ0) is 25.2. The van der Waals surface area contributed by atoms with Gasteiger partial charge in [0, 0.05) is 39.5 Å². The average molecular weight is 532 g/mol. The Kier molecular flexibility index (Phi) is 8.42. The Balaban J connectivity index is 1.79. The number of amidine groups is 1. The summed E-state index contributed by atoms with van der Waals surface area (Å²) in [4.78, 5) is 33.9. The van der Waals surface area contributed by atoms with Crippen molar-refractivity contribution < 1.29 is 19.4 Å². The Labute approximate surface area is 210 Å². The van der Waals surface area contributed by atoms with Crippen molar-refractivity contribution >= 4 is 57.4 Å². The standard InChI is InChI=1S/C20H27Cl2N7O4S/c1-5-33-11-8-29(20-27-15(16(34-20)19(31)32)17(23)28(4)24-3)7-6-10(11)26-18(30)14-13(22)12(21)9(2)25-14/h10-11,23-25H,5-8H2,1-4H3,(H,26,30)(H,31,32)/t10-,11+/m1/s1. The molecule has 1 saturated heterocycles. The molecule has 1 amide bonds. The number of aryl methyl sites for hydroxylation is 1. The second-order valence-corrected chi connectivity index (χ2v) is 9.41. The van der Waals surface area contributed by atoms with Gasteiger partial charge in [-0.3, -0.25) is 15.2 Å². The SMILES string of the molecule is CCO[C@H]1CN(c2nc(C(=N)N(C)NC)c(C(=O)O)s2)CC[C@H]1NC(=O)c1[nH]c(C)c(Cl)c1Cl. The summed E-state index contributed by atoms with van der Waals surface area (Å²) < 4.78 is 5.91. The summed E-state index contributed by atoms with van der Waals surface area (Å²) >= 11 is 13.3. The minimum atomic E-state index is -1.15. The molecule has 0 saturated carbocycles. The number of amides is 1. The molecule has 2 atom stereocenters. The maximum Gasteiger partial charge on any atom is 0.348 e. The fourth-order valence-electron chi connectivity index (χ4n) is 3.63. The van der Waals surface area contributed by atoms with Crippen molar-refractivity contribution in [2.75, 3.05) is 38.7 Å². The van der Waals surface area contributed by atoms with Gasteiger partial charge in [0.1, 0.15) is 16.3 Å². The van der Waals surface area contributed by atoms with Gasteiger partial charge in [0.25, 0.3) is 5.91 Å². The normalized spacial score (nSPS) is 18.1. The summed E-state index contributed by atoms with van der Waals surface area (Å²) in [5.41, 5.74) is 3.67. The summed E-state index contributed by atoms with van der Waals surface area (Å²) in [7, 11) is 3.24. The lowest BCUT2D eigenvalue weighted by Crippen LogP contribution is -2.55. The van der Waals surface area contributed by atoms with Gasteiger partial charge in [0.05, 0.1) is 22.2 Å². The van der Waals surface area contributed by atoms with Crippen LogP contribution in [-0.4, -0.2) is 83.7 Å². The van der Waals surface area contributed by atoms with Crippen LogP contribution in [0.2, 0.25) is 10.0 Å². The third-order valence-corrected chi connectivity index (χ3v) is 7.56. The number of rotatable bonds is 8. The second-order valence-electron chi connectivity index (χ2n) is 7.67. The van der Waals surface area contributed by atoms with E-state index in [1.54, 1.807) is 21.0 Å². The third kappa shape index (κ3) is 5.31. The molecule has 0 spiro atoms. The molecule has 0 bridgehead atoms. The summed E-state index contributed by atoms with van der Waals surface area (Å²) in [5.74, 6) is -1.58. The highest BCUT2D eigenvalue weighted by Crippen LogP contribution is 2.31. The van der Waals surface area contributed by atoms with Gasteiger partial charge < -0.3 is 25.0 Å². The zero-order valence-corrected chi connectivity index (χ0v) is 21.5. The minimum Gasteiger partial charge on any atom is -0.477 e. The van der Waals surface area contributed by atoms with Crippen molar-refractivity contribution in [3.05, 3.63) is 32.0 Å². The van der Waals surface area contributed by atoms with Gasteiger partial charge in [0.15, 0.2) is 11.0 Å². The van der Waals surface area contributed by atoms with Gasteiger partial charge in [-0.05, 0) is 20.3 Å². The number of anilines is 1. The molecular formula is C20H27Cl2N7O4S. The number of piperidine rings is 1. The number of carbonyl (C=O) groups is 2. The lowest BCUT2D eigenvalue weighted by atomic mass is 10.0. The number of ether oxygens (including phenoxy) is 1. The molecule has 14 heteroatoms. The summed E-state index contributed by atoms with van der Waals surface area (Å²) in [6, 6.07) is -0.297. The Morgan fingerprint density at radius 3 is 2.68 bits per heavy atom. The number of carbonyl (C=O) groups excluding carboxylic acids is 1. The van der Waals surface area contributed by atoms with Crippen molar-refractivity contribution in [1.29, 1.82) is 5.41 Å². The van der Waals surface area contributed by atoms with E-state index in [1.807, 2.05) is 11.8 Å². The van der Waals surface area contributed by atoms with E-state index in [4.69, 9.17) is 33.3 Å². The van der Waals surface area contributed by atoms with Gasteiger partial charge in [-0.2, -0.15) is 0 Å². The predicted octanol–water partition coefficient (Wildman–Crippen LogP) is 2.59. The Morgan fingerprint density at radius 1 is 1.41 bits per heavy atom. The molecular weight excluding hydrogens is 505 g/mol. The number of aromatic nitrogens is 2. The third-order valence-electron chi connectivity index (χ3n) is 5.51. The average Bonchev–Trinajstić information content (AvgIpc) is 3.37. The quantitative estimate of drug-likeness (QED) is 0.198. The van der Waals surface area contributed by atoms with E-state index in [-0.39, 0.29) is 45.2 Å². The monoisotopic (exact) mass is 531 g/mol. The van der Waals surface area contributed by atoms with Crippen LogP contribution in [0, 0.1) is 12.3 Å². The lowest BCUT2D eigenvalue weighted by Gasteiger charge is -2.38. The molecule has 0 aliphatic carbocycles. The maximum atomic E-state index is 12.8. The first-order valence-electron chi connectivity index (χ1n) is 10.5. The van der Waals surface area contributed by atoms with Crippen LogP contribution in [0.3, 0.4) is 0 Å². The Bertz CT molecular complexity index is 1090. The number of carboxylic acids is 1. The van der Waals surface area contributed by atoms with Crippen LogP contribution in [-0.2, 0) is 4.74 Å². The molecule has 1 aliphatic heterocycles. The van der Waals surface area contributed by atoms with Crippen LogP contribution < -0.4 is 15.6 Å². The van der Waals surface area contributed by atoms with Crippen molar-refractivity contribution in [1.82, 2.24) is 25.7 Å². The fourth-order valence-corrected chi connectivity index (χ4v) is 4.98. The van der Waals surface area contributed by atoms with Gasteiger partial charge in [-0.1, -0.05) is 34.5 Å². The van der Waals surface area contributed by atoms with Crippen LogP contribution in [0.25, 0.3) is 0 Å². The highest BCUT2D eigenvalue weighted by atomic mass is 35.5. The molecule has 0 unspecified atom stereocenters. The van der Waals surface area contributed by atoms with Crippen LogP contribution in [0.1, 0.15) is 44.9 Å². The largest absolute Gasteiger partial charge is 0.477 e. The number of H-pyrrole nitrogens is 1. The second kappa shape index (κ2) is 10.9. The molecule has 3 heterocycles. The van der Waals surface area contributed by atoms with Crippen LogP contribution in [0.15, 0.2) is 0 Å². The molecule has 0 radical (unpaired) electrons. The highest BCUT2D eigenvalue weighted by molar-refractivity contribution is 7.17. The summed E-state index contributed by atoms with van der Waals surface area (Å²) in [6.07, 6.45) is 0.167. The number of nitrogens with one attached hydrogen (secondary N) is 4. The number of nitrogens with zero attached hydrogens (tertiary/aromatic N) is 3. The molecule has 1 aliphatic rings. The van der Waals surface area contributed by atoms with Crippen molar-refractivity contribution in [2.45, 2.75) is 32.4 Å². The molecule has 2 aromatic heterocycles. The van der Waals surface area contributed by atoms with E-state index in [1.165, 1.54) is 5.01 Å². The number of hydrogen-bond donors (Lipinski definition) is 5. The first kappa shape index (κ1) is 26.2. The Morgan fingerprint density at radius 2 is 2.12 bits per heavy atom. The first-order valence-corrected chi connectivity index (χ1v) is 12.1. The van der Waals surface area contributed by atoms with E-state index < -0.39 is 5.97 Å². The number of aromatic amines is 1. The zero-order valence-electron chi connectivity index (χ0n) is 19.2. The Hall–Kier alpha value is -2.38. The number of thiazole rings is 1. The van der Waals surface area contributed by atoms with E-state index >= 15 is 0 Å². The van der Waals surface area contributed by atoms with Crippen LogP contribution >= 0.6 is 34.5 Å². The maximum absolute atomic E-state index is 12.8.